The van der Waals surface area contributed by atoms with Crippen LogP contribution in [0, 0.1) is 14.9 Å². The third kappa shape index (κ3) is 3.58. The highest BCUT2D eigenvalue weighted by Gasteiger charge is 2.33. The summed E-state index contributed by atoms with van der Waals surface area (Å²) in [6, 6.07) is 10.1. The fraction of sp³-hybridized carbons (Fsp3) is 0.0714. The number of hydrogen-bond donors (Lipinski definition) is 2. The van der Waals surface area contributed by atoms with Crippen molar-refractivity contribution in [1.29, 1.82) is 5.26 Å². The van der Waals surface area contributed by atoms with Crippen LogP contribution in [0.3, 0.4) is 0 Å². The van der Waals surface area contributed by atoms with Crippen molar-refractivity contribution in [2.24, 2.45) is 0 Å². The number of hydrogen-bond acceptors (Lipinski definition) is 3. The second kappa shape index (κ2) is 5.81. The summed E-state index contributed by atoms with van der Waals surface area (Å²) < 4.78 is 39.5. The minimum atomic E-state index is -4.57. The maximum Gasteiger partial charge on any atom is 0.417 e. The van der Waals surface area contributed by atoms with Crippen molar-refractivity contribution in [3.05, 3.63) is 51.1 Å². The van der Waals surface area contributed by atoms with Crippen LogP contribution in [0.25, 0.3) is 0 Å². The Kier molecular flexibility index (Phi) is 4.27. The smallest absolute Gasteiger partial charge is 0.399 e. The van der Waals surface area contributed by atoms with Crippen molar-refractivity contribution in [2.45, 2.75) is 6.18 Å². The predicted molar refractivity (Wildman–Crippen MR) is 83.0 cm³/mol. The normalized spacial score (nSPS) is 11.0. The number of nitrogens with two attached hydrogens (primary N) is 1. The summed E-state index contributed by atoms with van der Waals surface area (Å²) in [5.41, 5.74) is 5.73. The zero-order chi connectivity index (χ0) is 15.6. The molecule has 0 radical (unpaired) electrons. The van der Waals surface area contributed by atoms with E-state index >= 15 is 0 Å². The molecule has 0 unspecified atom stereocenters. The van der Waals surface area contributed by atoms with E-state index in [1.54, 1.807) is 24.3 Å². The molecule has 0 aliphatic carbocycles. The third-order valence-electron chi connectivity index (χ3n) is 2.72. The second-order valence-corrected chi connectivity index (χ2v) is 5.40. The maximum absolute atomic E-state index is 12.9. The van der Waals surface area contributed by atoms with Crippen molar-refractivity contribution < 1.29 is 13.2 Å². The lowest BCUT2D eigenvalue weighted by molar-refractivity contribution is -0.137. The molecule has 2 aromatic rings. The zero-order valence-corrected chi connectivity index (χ0v) is 12.7. The van der Waals surface area contributed by atoms with Gasteiger partial charge in [-0.25, -0.2) is 0 Å². The van der Waals surface area contributed by atoms with Gasteiger partial charge in [-0.15, -0.1) is 0 Å². The summed E-state index contributed by atoms with van der Waals surface area (Å²) in [5.74, 6) is 0. The molecule has 3 N–H and O–H groups in total. The molecule has 0 aliphatic rings. The second-order valence-electron chi connectivity index (χ2n) is 4.23. The van der Waals surface area contributed by atoms with E-state index in [1.807, 2.05) is 22.6 Å². The number of nitriles is 1. The first-order valence-corrected chi connectivity index (χ1v) is 6.82. The molecular formula is C14H9F3IN3. The molecule has 0 aliphatic heterocycles. The van der Waals surface area contributed by atoms with E-state index in [9.17, 15) is 13.2 Å². The molecule has 7 heteroatoms. The Morgan fingerprint density at radius 3 is 2.43 bits per heavy atom. The standard InChI is InChI=1S/C14H9F3IN3/c15-14(16,17)11-6-10(3-1-8(11)7-19)21-13-4-2-9(20)5-12(13)18/h1-6,21H,20H2. The number of alkyl halides is 3. The molecule has 0 spiro atoms. The van der Waals surface area contributed by atoms with Gasteiger partial charge in [-0.1, -0.05) is 0 Å². The van der Waals surface area contributed by atoms with Gasteiger partial charge >= 0.3 is 6.18 Å². The zero-order valence-electron chi connectivity index (χ0n) is 10.5. The molecular weight excluding hydrogens is 394 g/mol. The Hall–Kier alpha value is -1.95. The van der Waals surface area contributed by atoms with Crippen LogP contribution in [0.4, 0.5) is 30.2 Å². The first kappa shape index (κ1) is 15.4. The number of nitrogens with one attached hydrogen (secondary N) is 1. The minimum absolute atomic E-state index is 0.254. The van der Waals surface area contributed by atoms with Crippen LogP contribution in [0.5, 0.6) is 0 Å². The Balaban J connectivity index is 2.40. The SMILES string of the molecule is N#Cc1ccc(Nc2ccc(N)cc2I)cc1C(F)(F)F. The Morgan fingerprint density at radius 2 is 1.86 bits per heavy atom. The van der Waals surface area contributed by atoms with Gasteiger partial charge in [-0.3, -0.25) is 0 Å². The lowest BCUT2D eigenvalue weighted by Crippen LogP contribution is -2.08. The molecule has 0 saturated carbocycles. The van der Waals surface area contributed by atoms with Crippen LogP contribution in [0.1, 0.15) is 11.1 Å². The molecule has 0 heterocycles. The van der Waals surface area contributed by atoms with Gasteiger partial charge in [0.05, 0.1) is 22.9 Å². The van der Waals surface area contributed by atoms with E-state index in [0.717, 1.165) is 15.7 Å². The molecule has 0 aromatic heterocycles. The van der Waals surface area contributed by atoms with Crippen LogP contribution in [0.15, 0.2) is 36.4 Å². The van der Waals surface area contributed by atoms with Gasteiger partial charge in [0.1, 0.15) is 0 Å². The summed E-state index contributed by atoms with van der Waals surface area (Å²) in [7, 11) is 0. The first-order valence-electron chi connectivity index (χ1n) is 5.74. The van der Waals surface area contributed by atoms with Crippen molar-refractivity contribution in [3.8, 4) is 6.07 Å². The molecule has 0 fully saturated rings. The van der Waals surface area contributed by atoms with E-state index in [4.69, 9.17) is 11.0 Å². The molecule has 108 valence electrons. The van der Waals surface area contributed by atoms with E-state index in [1.165, 1.54) is 6.07 Å². The topological polar surface area (TPSA) is 61.8 Å². The van der Waals surface area contributed by atoms with Crippen molar-refractivity contribution in [1.82, 2.24) is 0 Å². The number of nitrogens with zero attached hydrogens (tertiary/aromatic N) is 1. The largest absolute Gasteiger partial charge is 0.417 e. The predicted octanol–water partition coefficient (Wildman–Crippen LogP) is 4.51. The Labute approximate surface area is 132 Å². The monoisotopic (exact) mass is 403 g/mol. The van der Waals surface area contributed by atoms with Gasteiger partial charge in [-0.2, -0.15) is 18.4 Å². The summed E-state index contributed by atoms with van der Waals surface area (Å²) in [6.45, 7) is 0. The van der Waals surface area contributed by atoms with Crippen LogP contribution >= 0.6 is 22.6 Å². The lowest BCUT2D eigenvalue weighted by Gasteiger charge is -2.13. The Morgan fingerprint density at radius 1 is 1.14 bits per heavy atom. The fourth-order valence-electron chi connectivity index (χ4n) is 1.74. The highest BCUT2D eigenvalue weighted by Crippen LogP contribution is 2.34. The Bertz CT molecular complexity index is 720. The molecule has 0 amide bonds. The van der Waals surface area contributed by atoms with Crippen LogP contribution < -0.4 is 11.1 Å². The number of anilines is 3. The first-order chi connectivity index (χ1) is 9.81. The number of nitrogen functional groups attached to an aromatic ring is 1. The highest BCUT2D eigenvalue weighted by atomic mass is 127. The van der Waals surface area contributed by atoms with E-state index in [0.29, 0.717) is 11.4 Å². The van der Waals surface area contributed by atoms with Gasteiger partial charge < -0.3 is 11.1 Å². The maximum atomic E-state index is 12.9. The summed E-state index contributed by atoms with van der Waals surface area (Å²) in [4.78, 5) is 0. The van der Waals surface area contributed by atoms with Crippen molar-refractivity contribution >= 4 is 39.7 Å². The molecule has 0 bridgehead atoms. The van der Waals surface area contributed by atoms with Gasteiger partial charge in [-0.05, 0) is 59.0 Å². The third-order valence-corrected chi connectivity index (χ3v) is 3.61. The molecule has 21 heavy (non-hydrogen) atoms. The van der Waals surface area contributed by atoms with Crippen molar-refractivity contribution in [2.75, 3.05) is 11.1 Å². The average molecular weight is 403 g/mol. The van der Waals surface area contributed by atoms with Crippen molar-refractivity contribution in [3.63, 3.8) is 0 Å². The van der Waals surface area contributed by atoms with Crippen LogP contribution in [0.2, 0.25) is 0 Å². The lowest BCUT2D eigenvalue weighted by atomic mass is 10.1. The fourth-order valence-corrected chi connectivity index (χ4v) is 2.42. The summed E-state index contributed by atoms with van der Waals surface area (Å²) in [6.07, 6.45) is -4.57. The van der Waals surface area contributed by atoms with E-state index in [-0.39, 0.29) is 5.69 Å². The summed E-state index contributed by atoms with van der Waals surface area (Å²) in [5, 5.41) is 11.6. The van der Waals surface area contributed by atoms with Crippen LogP contribution in [-0.2, 0) is 6.18 Å². The molecule has 0 atom stereocenters. The molecule has 0 saturated heterocycles. The molecule has 3 nitrogen and oxygen atoms in total. The van der Waals surface area contributed by atoms with E-state index < -0.39 is 17.3 Å². The van der Waals surface area contributed by atoms with E-state index in [2.05, 4.69) is 5.32 Å². The molecule has 2 rings (SSSR count). The van der Waals surface area contributed by atoms with Gasteiger partial charge in [0.15, 0.2) is 0 Å². The van der Waals surface area contributed by atoms with Gasteiger partial charge in [0.25, 0.3) is 0 Å². The highest BCUT2D eigenvalue weighted by molar-refractivity contribution is 14.1. The average Bonchev–Trinajstić information content (AvgIpc) is 2.41. The number of benzene rings is 2. The summed E-state index contributed by atoms with van der Waals surface area (Å²) >= 11 is 2.03. The molecule has 2 aromatic carbocycles. The minimum Gasteiger partial charge on any atom is -0.399 e. The quantitative estimate of drug-likeness (QED) is 0.573. The number of rotatable bonds is 2. The number of halogens is 4. The van der Waals surface area contributed by atoms with Gasteiger partial charge in [0, 0.05) is 14.9 Å². The van der Waals surface area contributed by atoms with Crippen LogP contribution in [-0.4, -0.2) is 0 Å². The van der Waals surface area contributed by atoms with Gasteiger partial charge in [0.2, 0.25) is 0 Å².